The molecule has 29 heavy (non-hydrogen) atoms. The van der Waals surface area contributed by atoms with Crippen molar-refractivity contribution >= 4 is 23.3 Å². The summed E-state index contributed by atoms with van der Waals surface area (Å²) in [7, 11) is 0. The number of rotatable bonds is 7. The first kappa shape index (κ1) is 20.1. The summed E-state index contributed by atoms with van der Waals surface area (Å²) in [5, 5.41) is 9.22. The molecule has 3 aromatic rings. The molecule has 0 bridgehead atoms. The van der Waals surface area contributed by atoms with Gasteiger partial charge in [0.2, 0.25) is 17.6 Å². The van der Waals surface area contributed by atoms with Crippen LogP contribution < -0.4 is 16.4 Å². The number of benzene rings is 2. The molecule has 0 aliphatic heterocycles. The lowest BCUT2D eigenvalue weighted by Crippen LogP contribution is -2.19. The number of aromatic nitrogens is 2. The molecule has 0 aliphatic rings. The number of carbonyl (C=O) groups excluding carboxylic acids is 2. The molecule has 0 fully saturated rings. The first-order valence-corrected chi connectivity index (χ1v) is 9.30. The lowest BCUT2D eigenvalue weighted by molar-refractivity contribution is -0.116. The minimum absolute atomic E-state index is 0.179. The van der Waals surface area contributed by atoms with E-state index in [-0.39, 0.29) is 12.3 Å². The summed E-state index contributed by atoms with van der Waals surface area (Å²) >= 11 is 0. The van der Waals surface area contributed by atoms with Crippen molar-refractivity contribution in [1.82, 2.24) is 10.1 Å². The van der Waals surface area contributed by atoms with Gasteiger partial charge >= 0.3 is 6.03 Å². The van der Waals surface area contributed by atoms with Crippen molar-refractivity contribution in [1.29, 1.82) is 0 Å². The SMILES string of the molecule is CC(C)c1ccc(-c2noc(CCC(=O)Nc3ccc(NC(N)=O)cc3)n2)cc1. The molecule has 1 aromatic heterocycles. The van der Waals surface area contributed by atoms with Gasteiger partial charge in [-0.25, -0.2) is 4.79 Å². The van der Waals surface area contributed by atoms with E-state index in [9.17, 15) is 9.59 Å². The van der Waals surface area contributed by atoms with Crippen molar-refractivity contribution < 1.29 is 14.1 Å². The van der Waals surface area contributed by atoms with Gasteiger partial charge in [0.05, 0.1) is 0 Å². The molecule has 0 saturated carbocycles. The second-order valence-corrected chi connectivity index (χ2v) is 6.90. The number of carbonyl (C=O) groups is 2. The van der Waals surface area contributed by atoms with Gasteiger partial charge in [0.1, 0.15) is 0 Å². The van der Waals surface area contributed by atoms with Gasteiger partial charge in [-0.3, -0.25) is 4.79 Å². The summed E-state index contributed by atoms with van der Waals surface area (Å²) < 4.78 is 5.26. The first-order valence-electron chi connectivity index (χ1n) is 9.30. The lowest BCUT2D eigenvalue weighted by Gasteiger charge is -2.06. The van der Waals surface area contributed by atoms with Crippen molar-refractivity contribution in [2.24, 2.45) is 5.73 Å². The molecule has 150 valence electrons. The molecule has 3 rings (SSSR count). The van der Waals surface area contributed by atoms with E-state index in [0.717, 1.165) is 5.56 Å². The Balaban J connectivity index is 1.52. The fourth-order valence-electron chi connectivity index (χ4n) is 2.71. The highest BCUT2D eigenvalue weighted by molar-refractivity contribution is 5.92. The molecule has 0 radical (unpaired) electrons. The Morgan fingerprint density at radius 2 is 1.62 bits per heavy atom. The minimum atomic E-state index is -0.642. The summed E-state index contributed by atoms with van der Waals surface area (Å²) in [6.07, 6.45) is 0.541. The number of nitrogens with zero attached hydrogens (tertiary/aromatic N) is 2. The molecule has 4 N–H and O–H groups in total. The average molecular weight is 393 g/mol. The Labute approximate surface area is 168 Å². The quantitative estimate of drug-likeness (QED) is 0.561. The Morgan fingerprint density at radius 3 is 2.21 bits per heavy atom. The van der Waals surface area contributed by atoms with Crippen molar-refractivity contribution in [3.05, 3.63) is 60.0 Å². The van der Waals surface area contributed by atoms with Gasteiger partial charge in [-0.05, 0) is 35.7 Å². The molecular formula is C21H23N5O3. The minimum Gasteiger partial charge on any atom is -0.351 e. The highest BCUT2D eigenvalue weighted by Crippen LogP contribution is 2.21. The van der Waals surface area contributed by atoms with Gasteiger partial charge < -0.3 is 20.9 Å². The van der Waals surface area contributed by atoms with Crippen LogP contribution in [0, 0.1) is 0 Å². The van der Waals surface area contributed by atoms with E-state index < -0.39 is 6.03 Å². The fraction of sp³-hybridized carbons (Fsp3) is 0.238. The summed E-state index contributed by atoms with van der Waals surface area (Å²) in [6.45, 7) is 4.28. The Bertz CT molecular complexity index is 978. The van der Waals surface area contributed by atoms with E-state index in [2.05, 4.69) is 34.6 Å². The average Bonchev–Trinajstić information content (AvgIpc) is 3.17. The molecule has 0 saturated heterocycles. The van der Waals surface area contributed by atoms with E-state index in [1.54, 1.807) is 24.3 Å². The van der Waals surface area contributed by atoms with Crippen LogP contribution >= 0.6 is 0 Å². The van der Waals surface area contributed by atoms with Gasteiger partial charge in [0, 0.05) is 29.8 Å². The van der Waals surface area contributed by atoms with E-state index in [1.165, 1.54) is 5.56 Å². The predicted molar refractivity (Wildman–Crippen MR) is 110 cm³/mol. The Kier molecular flexibility index (Phi) is 6.23. The fourth-order valence-corrected chi connectivity index (χ4v) is 2.71. The van der Waals surface area contributed by atoms with E-state index in [4.69, 9.17) is 10.3 Å². The molecular weight excluding hydrogens is 370 g/mol. The normalized spacial score (nSPS) is 10.7. The Hall–Kier alpha value is -3.68. The highest BCUT2D eigenvalue weighted by Gasteiger charge is 2.11. The van der Waals surface area contributed by atoms with Crippen LogP contribution in [0.3, 0.4) is 0 Å². The number of amides is 3. The molecule has 1 heterocycles. The third kappa shape index (κ3) is 5.65. The van der Waals surface area contributed by atoms with Crippen molar-refractivity contribution in [3.63, 3.8) is 0 Å². The predicted octanol–water partition coefficient (Wildman–Crippen LogP) is 3.92. The second kappa shape index (κ2) is 9.01. The molecule has 8 nitrogen and oxygen atoms in total. The third-order valence-electron chi connectivity index (χ3n) is 4.31. The van der Waals surface area contributed by atoms with Crippen LogP contribution in [0.15, 0.2) is 53.1 Å². The van der Waals surface area contributed by atoms with Crippen molar-refractivity contribution in [2.75, 3.05) is 10.6 Å². The van der Waals surface area contributed by atoms with Crippen LogP contribution in [0.4, 0.5) is 16.2 Å². The van der Waals surface area contributed by atoms with E-state index in [1.807, 2.05) is 24.3 Å². The van der Waals surface area contributed by atoms with Gasteiger partial charge in [0.15, 0.2) is 0 Å². The van der Waals surface area contributed by atoms with Gasteiger partial charge in [0.25, 0.3) is 0 Å². The van der Waals surface area contributed by atoms with Crippen LogP contribution in [-0.4, -0.2) is 22.1 Å². The third-order valence-corrected chi connectivity index (χ3v) is 4.31. The maximum absolute atomic E-state index is 12.1. The first-order chi connectivity index (χ1) is 13.9. The Morgan fingerprint density at radius 1 is 1.00 bits per heavy atom. The topological polar surface area (TPSA) is 123 Å². The summed E-state index contributed by atoms with van der Waals surface area (Å²) in [4.78, 5) is 27.3. The van der Waals surface area contributed by atoms with Crippen LogP contribution in [0.5, 0.6) is 0 Å². The molecule has 0 aliphatic carbocycles. The maximum Gasteiger partial charge on any atom is 0.316 e. The zero-order valence-electron chi connectivity index (χ0n) is 16.3. The zero-order valence-corrected chi connectivity index (χ0v) is 16.3. The number of nitrogens with one attached hydrogen (secondary N) is 2. The molecule has 3 amide bonds. The number of aryl methyl sites for hydroxylation is 1. The molecule has 8 heteroatoms. The van der Waals surface area contributed by atoms with Crippen LogP contribution in [0.1, 0.15) is 37.6 Å². The second-order valence-electron chi connectivity index (χ2n) is 6.90. The highest BCUT2D eigenvalue weighted by atomic mass is 16.5. The van der Waals surface area contributed by atoms with Crippen LogP contribution in [0.25, 0.3) is 11.4 Å². The van der Waals surface area contributed by atoms with Gasteiger partial charge in [-0.2, -0.15) is 4.98 Å². The number of hydrogen-bond donors (Lipinski definition) is 3. The van der Waals surface area contributed by atoms with E-state index >= 15 is 0 Å². The maximum atomic E-state index is 12.1. The van der Waals surface area contributed by atoms with E-state index in [0.29, 0.717) is 35.4 Å². The molecule has 0 atom stereocenters. The summed E-state index contributed by atoms with van der Waals surface area (Å²) in [5.41, 5.74) is 8.34. The summed E-state index contributed by atoms with van der Waals surface area (Å²) in [5.74, 6) is 1.19. The number of hydrogen-bond acceptors (Lipinski definition) is 5. The van der Waals surface area contributed by atoms with Crippen LogP contribution in [0.2, 0.25) is 0 Å². The largest absolute Gasteiger partial charge is 0.351 e. The van der Waals surface area contributed by atoms with Crippen molar-refractivity contribution in [2.45, 2.75) is 32.6 Å². The lowest BCUT2D eigenvalue weighted by atomic mass is 10.0. The van der Waals surface area contributed by atoms with Crippen molar-refractivity contribution in [3.8, 4) is 11.4 Å². The molecule has 0 spiro atoms. The monoisotopic (exact) mass is 393 g/mol. The molecule has 0 unspecified atom stereocenters. The number of primary amides is 1. The zero-order chi connectivity index (χ0) is 20.8. The smallest absolute Gasteiger partial charge is 0.316 e. The van der Waals surface area contributed by atoms with Gasteiger partial charge in [-0.1, -0.05) is 43.3 Å². The molecule has 2 aromatic carbocycles. The van der Waals surface area contributed by atoms with Crippen LogP contribution in [-0.2, 0) is 11.2 Å². The van der Waals surface area contributed by atoms with Gasteiger partial charge in [-0.15, -0.1) is 0 Å². The summed E-state index contributed by atoms with van der Waals surface area (Å²) in [6, 6.07) is 14.0. The standard InChI is InChI=1S/C21H23N5O3/c1-13(2)14-3-5-15(6-4-14)20-25-19(29-26-20)12-11-18(27)23-16-7-9-17(10-8-16)24-21(22)28/h3-10,13H,11-12H2,1-2H3,(H,23,27)(H3,22,24,28). The number of anilines is 2. The number of urea groups is 1. The number of nitrogens with two attached hydrogens (primary N) is 1.